The molecule has 3 rings (SSSR count). The average molecular weight is 335 g/mol. The van der Waals surface area contributed by atoms with E-state index in [2.05, 4.69) is 0 Å². The molecule has 0 radical (unpaired) electrons. The lowest BCUT2D eigenvalue weighted by Crippen LogP contribution is -2.13. The summed E-state index contributed by atoms with van der Waals surface area (Å²) in [7, 11) is 0. The first-order valence-electron chi connectivity index (χ1n) is 6.22. The fourth-order valence-electron chi connectivity index (χ4n) is 2.23. The molecule has 0 saturated heterocycles. The Morgan fingerprint density at radius 3 is 2.27 bits per heavy atom. The highest BCUT2D eigenvalue weighted by Crippen LogP contribution is 2.24. The van der Waals surface area contributed by atoms with Crippen molar-refractivity contribution >= 4 is 39.8 Å². The Bertz CT molecular complexity index is 949. The Labute approximate surface area is 134 Å². The molecule has 0 aliphatic rings. The second-order valence-electron chi connectivity index (χ2n) is 4.61. The van der Waals surface area contributed by atoms with Crippen LogP contribution in [0.15, 0.2) is 53.5 Å². The van der Waals surface area contributed by atoms with Crippen LogP contribution in [0.4, 0.5) is 5.69 Å². The molecule has 0 N–H and O–H groups in total. The molecule has 2 aromatic carbocycles. The molecule has 5 nitrogen and oxygen atoms in total. The molecule has 1 aromatic heterocycles. The lowest BCUT2D eigenvalue weighted by Gasteiger charge is -2.11. The van der Waals surface area contributed by atoms with E-state index in [0.29, 0.717) is 21.2 Å². The summed E-state index contributed by atoms with van der Waals surface area (Å²) >= 11 is 11.8. The monoisotopic (exact) mass is 334 g/mol. The minimum absolute atomic E-state index is 0.230. The lowest BCUT2D eigenvalue weighted by molar-refractivity contribution is -0.386. The molecule has 0 spiro atoms. The maximum absolute atomic E-state index is 12.2. The van der Waals surface area contributed by atoms with Gasteiger partial charge in [0.15, 0.2) is 0 Å². The topological polar surface area (TPSA) is 65.1 Å². The lowest BCUT2D eigenvalue weighted by atomic mass is 10.1. The van der Waals surface area contributed by atoms with Gasteiger partial charge in [0.05, 0.1) is 22.0 Å². The largest absolute Gasteiger partial charge is 0.333 e. The number of fused-ring (bicyclic) bond motifs is 1. The van der Waals surface area contributed by atoms with E-state index in [9.17, 15) is 14.9 Å². The zero-order valence-electron chi connectivity index (χ0n) is 11.0. The molecule has 0 aliphatic carbocycles. The summed E-state index contributed by atoms with van der Waals surface area (Å²) in [6, 6.07) is 11.3. The van der Waals surface area contributed by atoms with E-state index in [1.165, 1.54) is 18.3 Å². The Morgan fingerprint density at radius 2 is 1.64 bits per heavy atom. The van der Waals surface area contributed by atoms with Crippen LogP contribution >= 0.6 is 23.2 Å². The second-order valence-corrected chi connectivity index (χ2v) is 5.48. The smallest absolute Gasteiger partial charge is 0.310 e. The molecule has 0 fully saturated rings. The van der Waals surface area contributed by atoms with Gasteiger partial charge in [-0.1, -0.05) is 23.2 Å². The van der Waals surface area contributed by atoms with Crippen molar-refractivity contribution in [2.45, 2.75) is 0 Å². The van der Waals surface area contributed by atoms with E-state index in [-0.39, 0.29) is 5.39 Å². The van der Waals surface area contributed by atoms with E-state index in [4.69, 9.17) is 23.2 Å². The van der Waals surface area contributed by atoms with Gasteiger partial charge >= 0.3 is 5.69 Å². The Balaban J connectivity index is 2.43. The summed E-state index contributed by atoms with van der Waals surface area (Å²) in [5.41, 5.74) is -0.00292. The van der Waals surface area contributed by atoms with Crippen LogP contribution in [-0.2, 0) is 0 Å². The molecule has 0 amide bonds. The molecular formula is C15H8Cl2N2O3. The van der Waals surface area contributed by atoms with Gasteiger partial charge in [-0.3, -0.25) is 14.9 Å². The first-order chi connectivity index (χ1) is 10.5. The van der Waals surface area contributed by atoms with Crippen molar-refractivity contribution in [1.29, 1.82) is 0 Å². The van der Waals surface area contributed by atoms with E-state index in [1.807, 2.05) is 0 Å². The third-order valence-corrected chi connectivity index (χ3v) is 3.74. The van der Waals surface area contributed by atoms with Gasteiger partial charge < -0.3 is 4.57 Å². The van der Waals surface area contributed by atoms with Gasteiger partial charge in [-0.15, -0.1) is 0 Å². The highest BCUT2D eigenvalue weighted by Gasteiger charge is 2.18. The molecule has 0 saturated carbocycles. The van der Waals surface area contributed by atoms with Gasteiger partial charge in [-0.05, 0) is 42.5 Å². The van der Waals surface area contributed by atoms with Gasteiger partial charge in [0.2, 0.25) is 0 Å². The van der Waals surface area contributed by atoms with Gasteiger partial charge in [0.25, 0.3) is 5.43 Å². The first kappa shape index (κ1) is 14.6. The molecule has 7 heteroatoms. The second kappa shape index (κ2) is 5.44. The minimum Gasteiger partial charge on any atom is -0.310 e. The predicted octanol–water partition coefficient (Wildman–Crippen LogP) is 4.21. The standard InChI is InChI=1S/C15H8Cl2N2O3/c16-9-1-4-11(5-2-9)18-8-14(19(21)22)15(20)12-6-3-10(17)7-13(12)18/h1-8H. The van der Waals surface area contributed by atoms with Crippen LogP contribution in [-0.4, -0.2) is 9.49 Å². The highest BCUT2D eigenvalue weighted by atomic mass is 35.5. The van der Waals surface area contributed by atoms with Crippen LogP contribution in [0, 0.1) is 10.1 Å². The fourth-order valence-corrected chi connectivity index (χ4v) is 2.52. The molecule has 0 aliphatic heterocycles. The summed E-state index contributed by atoms with van der Waals surface area (Å²) in [6.45, 7) is 0. The van der Waals surface area contributed by atoms with Crippen molar-refractivity contribution in [3.05, 3.63) is 79.0 Å². The molecule has 1 heterocycles. The number of pyridine rings is 1. The van der Waals surface area contributed by atoms with Gasteiger partial charge in [0, 0.05) is 15.7 Å². The number of hydrogen-bond donors (Lipinski definition) is 0. The number of halogens is 2. The normalized spacial score (nSPS) is 10.8. The molecule has 110 valence electrons. The number of benzene rings is 2. The van der Waals surface area contributed by atoms with Crippen LogP contribution < -0.4 is 5.43 Å². The van der Waals surface area contributed by atoms with Crippen molar-refractivity contribution in [2.24, 2.45) is 0 Å². The van der Waals surface area contributed by atoms with Crippen LogP contribution in [0.3, 0.4) is 0 Å². The highest BCUT2D eigenvalue weighted by molar-refractivity contribution is 6.31. The number of hydrogen-bond acceptors (Lipinski definition) is 3. The Kier molecular flexibility index (Phi) is 3.60. The Morgan fingerprint density at radius 1 is 1.00 bits per heavy atom. The van der Waals surface area contributed by atoms with Crippen LogP contribution in [0.5, 0.6) is 0 Å². The van der Waals surface area contributed by atoms with Crippen molar-refractivity contribution in [3.8, 4) is 5.69 Å². The number of nitro groups is 1. The zero-order valence-corrected chi connectivity index (χ0v) is 12.5. The molecule has 0 atom stereocenters. The van der Waals surface area contributed by atoms with Gasteiger partial charge in [0.1, 0.15) is 0 Å². The SMILES string of the molecule is O=c1c([N+](=O)[O-])cn(-c2ccc(Cl)cc2)c2cc(Cl)ccc12. The summed E-state index contributed by atoms with van der Waals surface area (Å²) in [4.78, 5) is 22.6. The summed E-state index contributed by atoms with van der Waals surface area (Å²) in [5.74, 6) is 0. The van der Waals surface area contributed by atoms with Crippen molar-refractivity contribution in [3.63, 3.8) is 0 Å². The van der Waals surface area contributed by atoms with Crippen molar-refractivity contribution < 1.29 is 4.92 Å². The van der Waals surface area contributed by atoms with E-state index < -0.39 is 16.0 Å². The van der Waals surface area contributed by atoms with Gasteiger partial charge in [-0.25, -0.2) is 0 Å². The molecule has 3 aromatic rings. The van der Waals surface area contributed by atoms with Crippen LogP contribution in [0.1, 0.15) is 0 Å². The van der Waals surface area contributed by atoms with Gasteiger partial charge in [-0.2, -0.15) is 0 Å². The number of rotatable bonds is 2. The molecule has 0 unspecified atom stereocenters. The van der Waals surface area contributed by atoms with E-state index >= 15 is 0 Å². The van der Waals surface area contributed by atoms with Crippen molar-refractivity contribution in [1.82, 2.24) is 4.57 Å². The molecular weight excluding hydrogens is 327 g/mol. The van der Waals surface area contributed by atoms with E-state index in [1.54, 1.807) is 34.9 Å². The zero-order chi connectivity index (χ0) is 15.9. The predicted molar refractivity (Wildman–Crippen MR) is 86.2 cm³/mol. The first-order valence-corrected chi connectivity index (χ1v) is 6.98. The summed E-state index contributed by atoms with van der Waals surface area (Å²) < 4.78 is 1.55. The third kappa shape index (κ3) is 2.45. The quantitative estimate of drug-likeness (QED) is 0.521. The van der Waals surface area contributed by atoms with Crippen LogP contribution in [0.25, 0.3) is 16.6 Å². The number of aromatic nitrogens is 1. The molecule has 22 heavy (non-hydrogen) atoms. The summed E-state index contributed by atoms with van der Waals surface area (Å²) in [6.07, 6.45) is 1.20. The molecule has 0 bridgehead atoms. The maximum atomic E-state index is 12.2. The minimum atomic E-state index is -0.692. The average Bonchev–Trinajstić information content (AvgIpc) is 2.48. The summed E-state index contributed by atoms with van der Waals surface area (Å²) in [5, 5.41) is 12.3. The fraction of sp³-hybridized carbons (Fsp3) is 0. The van der Waals surface area contributed by atoms with Crippen molar-refractivity contribution in [2.75, 3.05) is 0 Å². The number of nitrogens with zero attached hydrogens (tertiary/aromatic N) is 2. The van der Waals surface area contributed by atoms with Crippen LogP contribution in [0.2, 0.25) is 10.0 Å². The Hall–Kier alpha value is -2.37. The van der Waals surface area contributed by atoms with E-state index in [0.717, 1.165) is 0 Å². The maximum Gasteiger partial charge on any atom is 0.333 e. The third-order valence-electron chi connectivity index (χ3n) is 3.25.